The number of carbonyl (C=O) groups excluding carboxylic acids is 1. The minimum absolute atomic E-state index is 0.0622. The molecular formula is C19H14Cl2N2O2. The van der Waals surface area contributed by atoms with Crippen molar-refractivity contribution in [2.45, 2.75) is 12.6 Å². The van der Waals surface area contributed by atoms with Crippen molar-refractivity contribution in [3.05, 3.63) is 81.5 Å². The number of rotatable bonds is 4. The monoisotopic (exact) mass is 372 g/mol. The summed E-state index contributed by atoms with van der Waals surface area (Å²) in [7, 11) is 0. The quantitative estimate of drug-likeness (QED) is 0.883. The fourth-order valence-electron chi connectivity index (χ4n) is 3.12. The molecule has 0 spiro atoms. The summed E-state index contributed by atoms with van der Waals surface area (Å²) in [4.78, 5) is 18.1. The summed E-state index contributed by atoms with van der Waals surface area (Å²) in [5, 5.41) is 8.30. The molecule has 0 saturated carbocycles. The molecule has 126 valence electrons. The summed E-state index contributed by atoms with van der Waals surface area (Å²) in [6.45, 7) is 0.606. The van der Waals surface area contributed by atoms with Gasteiger partial charge in [0.05, 0.1) is 15.7 Å². The molecule has 6 heteroatoms. The Balaban J connectivity index is 1.55. The minimum atomic E-state index is -0.518. The van der Waals surface area contributed by atoms with Gasteiger partial charge in [0, 0.05) is 18.2 Å². The topological polar surface area (TPSA) is 50.7 Å². The highest BCUT2D eigenvalue weighted by atomic mass is 35.5. The lowest BCUT2D eigenvalue weighted by Gasteiger charge is -2.15. The van der Waals surface area contributed by atoms with Crippen LogP contribution in [0.5, 0.6) is 0 Å². The van der Waals surface area contributed by atoms with Crippen LogP contribution in [0.3, 0.4) is 0 Å². The zero-order valence-electron chi connectivity index (χ0n) is 13.1. The van der Waals surface area contributed by atoms with Crippen molar-refractivity contribution in [2.75, 3.05) is 0 Å². The van der Waals surface area contributed by atoms with Gasteiger partial charge in [0.2, 0.25) is 0 Å². The molecule has 1 aliphatic heterocycles. The van der Waals surface area contributed by atoms with E-state index in [-0.39, 0.29) is 5.78 Å². The molecule has 4 nitrogen and oxygen atoms in total. The SMILES string of the molecule is O=C1C=C(NCc2ccccc2)C2ON=C(c3c(Cl)cccc3Cl)C12. The smallest absolute Gasteiger partial charge is 0.182 e. The van der Waals surface area contributed by atoms with Crippen molar-refractivity contribution in [2.24, 2.45) is 11.1 Å². The van der Waals surface area contributed by atoms with Gasteiger partial charge in [-0.05, 0) is 17.7 Å². The van der Waals surface area contributed by atoms with Crippen molar-refractivity contribution in [3.8, 4) is 0 Å². The number of nitrogens with one attached hydrogen (secondary N) is 1. The maximum Gasteiger partial charge on any atom is 0.182 e. The number of ketones is 1. The highest BCUT2D eigenvalue weighted by Crippen LogP contribution is 2.37. The van der Waals surface area contributed by atoms with E-state index in [1.165, 1.54) is 0 Å². The van der Waals surface area contributed by atoms with Crippen LogP contribution in [0.1, 0.15) is 11.1 Å². The largest absolute Gasteiger partial charge is 0.385 e. The van der Waals surface area contributed by atoms with Crippen LogP contribution in [0.25, 0.3) is 0 Å². The Morgan fingerprint density at radius 2 is 1.76 bits per heavy atom. The molecule has 2 aliphatic rings. The number of carbonyl (C=O) groups is 1. The summed E-state index contributed by atoms with van der Waals surface area (Å²) in [6, 6.07) is 15.1. The van der Waals surface area contributed by atoms with Gasteiger partial charge in [0.25, 0.3) is 0 Å². The van der Waals surface area contributed by atoms with E-state index < -0.39 is 12.0 Å². The molecule has 2 aromatic carbocycles. The number of halogens is 2. The lowest BCUT2D eigenvalue weighted by Crippen LogP contribution is -2.30. The minimum Gasteiger partial charge on any atom is -0.385 e. The van der Waals surface area contributed by atoms with Crippen molar-refractivity contribution in [1.82, 2.24) is 5.32 Å². The molecule has 0 amide bonds. The highest BCUT2D eigenvalue weighted by molar-refractivity contribution is 6.41. The third kappa shape index (κ3) is 2.92. The molecule has 2 atom stereocenters. The van der Waals surface area contributed by atoms with Gasteiger partial charge < -0.3 is 10.2 Å². The Kier molecular flexibility index (Phi) is 4.24. The van der Waals surface area contributed by atoms with Crippen molar-refractivity contribution >= 4 is 34.7 Å². The molecule has 0 radical (unpaired) electrons. The molecular weight excluding hydrogens is 359 g/mol. The van der Waals surface area contributed by atoms with E-state index in [2.05, 4.69) is 10.5 Å². The van der Waals surface area contributed by atoms with E-state index in [0.717, 1.165) is 11.3 Å². The molecule has 1 aliphatic carbocycles. The number of hydrogen-bond donors (Lipinski definition) is 1. The van der Waals surface area contributed by atoms with E-state index in [0.29, 0.717) is 27.9 Å². The average Bonchev–Trinajstić information content (AvgIpc) is 3.16. The average molecular weight is 373 g/mol. The number of oxime groups is 1. The molecule has 2 aromatic rings. The number of allylic oxidation sites excluding steroid dienone is 1. The fraction of sp³-hybridized carbons (Fsp3) is 0.158. The zero-order valence-corrected chi connectivity index (χ0v) is 14.6. The number of hydrogen-bond acceptors (Lipinski definition) is 4. The van der Waals surface area contributed by atoms with Crippen LogP contribution in [0.15, 0.2) is 65.5 Å². The predicted molar refractivity (Wildman–Crippen MR) is 97.7 cm³/mol. The van der Waals surface area contributed by atoms with E-state index in [4.69, 9.17) is 28.0 Å². The second-order valence-corrected chi connectivity index (χ2v) is 6.73. The first-order valence-corrected chi connectivity index (χ1v) is 8.62. The number of fused-ring (bicyclic) bond motifs is 1. The fourth-order valence-corrected chi connectivity index (χ4v) is 3.71. The van der Waals surface area contributed by atoms with E-state index in [9.17, 15) is 4.79 Å². The Hall–Kier alpha value is -2.30. The normalized spacial score (nSPS) is 21.4. The summed E-state index contributed by atoms with van der Waals surface area (Å²) >= 11 is 12.5. The standard InChI is InChI=1S/C19H14Cl2N2O2/c20-12-7-4-8-13(21)16(12)18-17-15(24)9-14(19(17)25-23-18)22-10-11-5-2-1-3-6-11/h1-9,17,19,22H,10H2. The van der Waals surface area contributed by atoms with E-state index >= 15 is 0 Å². The maximum atomic E-state index is 12.5. The zero-order chi connectivity index (χ0) is 17.4. The van der Waals surface area contributed by atoms with Crippen LogP contribution in [0.4, 0.5) is 0 Å². The van der Waals surface area contributed by atoms with Crippen molar-refractivity contribution in [3.63, 3.8) is 0 Å². The van der Waals surface area contributed by atoms with Crippen LogP contribution in [-0.2, 0) is 16.2 Å². The Morgan fingerprint density at radius 1 is 1.04 bits per heavy atom. The summed E-state index contributed by atoms with van der Waals surface area (Å²) in [5.74, 6) is -0.580. The summed E-state index contributed by atoms with van der Waals surface area (Å²) in [6.07, 6.45) is 1.12. The Morgan fingerprint density at radius 3 is 2.48 bits per heavy atom. The second kappa shape index (κ2) is 6.54. The van der Waals surface area contributed by atoms with E-state index in [1.807, 2.05) is 30.3 Å². The third-order valence-electron chi connectivity index (χ3n) is 4.33. The van der Waals surface area contributed by atoms with Gasteiger partial charge in [-0.1, -0.05) is 64.8 Å². The highest BCUT2D eigenvalue weighted by Gasteiger charge is 2.47. The maximum absolute atomic E-state index is 12.5. The van der Waals surface area contributed by atoms with Gasteiger partial charge in [-0.2, -0.15) is 0 Å². The van der Waals surface area contributed by atoms with Crippen LogP contribution in [0.2, 0.25) is 10.0 Å². The molecule has 2 unspecified atom stereocenters. The third-order valence-corrected chi connectivity index (χ3v) is 4.96. The molecule has 0 fully saturated rings. The molecule has 0 saturated heterocycles. The van der Waals surface area contributed by atoms with Crippen LogP contribution in [0, 0.1) is 5.92 Å². The molecule has 1 N–H and O–H groups in total. The molecule has 4 rings (SSSR count). The van der Waals surface area contributed by atoms with Crippen LogP contribution >= 0.6 is 23.2 Å². The second-order valence-electron chi connectivity index (χ2n) is 5.92. The van der Waals surface area contributed by atoms with Crippen LogP contribution < -0.4 is 5.32 Å². The number of benzene rings is 2. The van der Waals surface area contributed by atoms with Gasteiger partial charge in [0.15, 0.2) is 11.9 Å². The number of nitrogens with zero attached hydrogens (tertiary/aromatic N) is 1. The summed E-state index contributed by atoms with van der Waals surface area (Å²) < 4.78 is 0. The van der Waals surface area contributed by atoms with E-state index in [1.54, 1.807) is 24.3 Å². The predicted octanol–water partition coefficient (Wildman–Crippen LogP) is 3.97. The molecule has 1 heterocycles. The van der Waals surface area contributed by atoms with Gasteiger partial charge in [-0.15, -0.1) is 0 Å². The van der Waals surface area contributed by atoms with Crippen LogP contribution in [-0.4, -0.2) is 17.6 Å². The van der Waals surface area contributed by atoms with Crippen molar-refractivity contribution < 1.29 is 9.63 Å². The van der Waals surface area contributed by atoms with Gasteiger partial charge >= 0.3 is 0 Å². The van der Waals surface area contributed by atoms with Gasteiger partial charge in [0.1, 0.15) is 11.6 Å². The molecule has 25 heavy (non-hydrogen) atoms. The first-order valence-electron chi connectivity index (χ1n) is 7.86. The lowest BCUT2D eigenvalue weighted by molar-refractivity contribution is -0.117. The first-order chi connectivity index (χ1) is 12.1. The summed E-state index contributed by atoms with van der Waals surface area (Å²) in [5.41, 5.74) is 2.89. The molecule has 0 aromatic heterocycles. The van der Waals surface area contributed by atoms with Crippen molar-refractivity contribution in [1.29, 1.82) is 0 Å². The van der Waals surface area contributed by atoms with Gasteiger partial charge in [-0.3, -0.25) is 4.79 Å². The molecule has 0 bridgehead atoms. The Labute approximate surface area is 155 Å². The van der Waals surface area contributed by atoms with Gasteiger partial charge in [-0.25, -0.2) is 0 Å². The Bertz CT molecular complexity index is 873. The first kappa shape index (κ1) is 16.2. The lowest BCUT2D eigenvalue weighted by atomic mass is 9.92.